The second-order valence-electron chi connectivity index (χ2n) is 6.44. The van der Waals surface area contributed by atoms with Gasteiger partial charge in [0.1, 0.15) is 23.0 Å². The highest BCUT2D eigenvalue weighted by Crippen LogP contribution is 2.34. The fraction of sp³-hybridized carbons (Fsp3) is 0.143. The number of nitrogens with zero attached hydrogens (tertiary/aromatic N) is 1. The summed E-state index contributed by atoms with van der Waals surface area (Å²) in [4.78, 5) is 16.3. The van der Waals surface area contributed by atoms with E-state index in [0.29, 0.717) is 5.02 Å². The maximum absolute atomic E-state index is 13.7. The summed E-state index contributed by atoms with van der Waals surface area (Å²) >= 11 is 6.40. The number of halogens is 3. The normalized spacial score (nSPS) is 12.7. The smallest absolute Gasteiger partial charge is 0.262 e. The molecule has 1 N–H and O–H groups in total. The number of aromatic nitrogens is 1. The molecule has 0 fully saturated rings. The minimum atomic E-state index is -0.922. The Morgan fingerprint density at radius 1 is 1.04 bits per heavy atom. The van der Waals surface area contributed by atoms with Crippen molar-refractivity contribution in [3.63, 3.8) is 0 Å². The molecular weight excluding hydrogens is 370 g/mol. The number of aryl methyl sites for hydroxylation is 2. The average Bonchev–Trinajstić information content (AvgIpc) is 3.09. The molecule has 3 nitrogen and oxygen atoms in total. The number of pyridine rings is 1. The Morgan fingerprint density at radius 3 is 2.41 bits per heavy atom. The zero-order valence-corrected chi connectivity index (χ0v) is 15.0. The third-order valence-corrected chi connectivity index (χ3v) is 5.00. The van der Waals surface area contributed by atoms with E-state index in [4.69, 9.17) is 11.6 Å². The van der Waals surface area contributed by atoms with Crippen molar-refractivity contribution >= 4 is 23.3 Å². The van der Waals surface area contributed by atoms with Crippen molar-refractivity contribution < 1.29 is 13.6 Å². The first-order valence-corrected chi connectivity index (χ1v) is 8.94. The van der Waals surface area contributed by atoms with E-state index in [0.717, 1.165) is 42.5 Å². The Morgan fingerprint density at radius 2 is 1.74 bits per heavy atom. The molecule has 27 heavy (non-hydrogen) atoms. The number of rotatable bonds is 3. The van der Waals surface area contributed by atoms with Gasteiger partial charge in [0.05, 0.1) is 0 Å². The zero-order chi connectivity index (χ0) is 19.0. The first kappa shape index (κ1) is 17.6. The number of hydrogen-bond donors (Lipinski definition) is 1. The summed E-state index contributed by atoms with van der Waals surface area (Å²) in [5.74, 6) is -2.53. The molecule has 0 aliphatic heterocycles. The van der Waals surface area contributed by atoms with Crippen LogP contribution >= 0.6 is 11.6 Å². The fourth-order valence-corrected chi connectivity index (χ4v) is 3.63. The van der Waals surface area contributed by atoms with Crippen molar-refractivity contribution in [1.29, 1.82) is 0 Å². The third-order valence-electron chi connectivity index (χ3n) is 4.69. The maximum Gasteiger partial charge on any atom is 0.262 e. The van der Waals surface area contributed by atoms with E-state index in [1.54, 1.807) is 18.3 Å². The van der Waals surface area contributed by atoms with Crippen LogP contribution in [0.3, 0.4) is 0 Å². The lowest BCUT2D eigenvalue weighted by atomic mass is 10.0. The van der Waals surface area contributed by atoms with Gasteiger partial charge in [0.2, 0.25) is 0 Å². The minimum Gasteiger partial charge on any atom is -0.306 e. The van der Waals surface area contributed by atoms with E-state index < -0.39 is 23.1 Å². The van der Waals surface area contributed by atoms with Gasteiger partial charge in [0, 0.05) is 22.3 Å². The number of amides is 1. The third kappa shape index (κ3) is 3.43. The Balaban J connectivity index is 1.57. The van der Waals surface area contributed by atoms with Crippen LogP contribution in [-0.2, 0) is 12.8 Å². The summed E-state index contributed by atoms with van der Waals surface area (Å²) in [7, 11) is 0. The second-order valence-corrected chi connectivity index (χ2v) is 6.84. The standard InChI is InChI=1S/C21H15ClF2N2O/c22-16-10-13-4-1-3-12(13)9-15(16)14-7-8-19(25-11-14)26-21(27)20-17(23)5-2-6-18(20)24/h2,5-11H,1,3-4H2,(H,25,26,27). The number of benzene rings is 2. The minimum absolute atomic E-state index is 0.198. The summed E-state index contributed by atoms with van der Waals surface area (Å²) < 4.78 is 27.4. The molecule has 3 aromatic rings. The topological polar surface area (TPSA) is 42.0 Å². The molecule has 0 saturated heterocycles. The highest BCUT2D eigenvalue weighted by molar-refractivity contribution is 6.33. The van der Waals surface area contributed by atoms with E-state index in [1.165, 1.54) is 17.2 Å². The summed E-state index contributed by atoms with van der Waals surface area (Å²) in [5.41, 5.74) is 3.63. The molecule has 1 heterocycles. The van der Waals surface area contributed by atoms with Crippen molar-refractivity contribution in [1.82, 2.24) is 4.98 Å². The summed E-state index contributed by atoms with van der Waals surface area (Å²) in [6, 6.07) is 10.7. The predicted octanol–water partition coefficient (Wildman–Crippen LogP) is 5.42. The SMILES string of the molecule is O=C(Nc1ccc(-c2cc3c(cc2Cl)CCC3)cn1)c1c(F)cccc1F. The van der Waals surface area contributed by atoms with Crippen molar-refractivity contribution in [2.75, 3.05) is 5.32 Å². The molecule has 1 aliphatic rings. The molecule has 1 aromatic heterocycles. The molecule has 2 aromatic carbocycles. The van der Waals surface area contributed by atoms with Gasteiger partial charge in [-0.15, -0.1) is 0 Å². The molecule has 0 saturated carbocycles. The molecule has 0 atom stereocenters. The summed E-state index contributed by atoms with van der Waals surface area (Å²) in [5, 5.41) is 3.07. The van der Waals surface area contributed by atoms with Crippen LogP contribution in [0.5, 0.6) is 0 Å². The van der Waals surface area contributed by atoms with Gasteiger partial charge >= 0.3 is 0 Å². The van der Waals surface area contributed by atoms with Crippen molar-refractivity contribution in [2.45, 2.75) is 19.3 Å². The first-order chi connectivity index (χ1) is 13.0. The molecule has 0 bridgehead atoms. The monoisotopic (exact) mass is 384 g/mol. The zero-order valence-electron chi connectivity index (χ0n) is 14.2. The van der Waals surface area contributed by atoms with Crippen LogP contribution < -0.4 is 5.32 Å². The van der Waals surface area contributed by atoms with Crippen molar-refractivity contribution in [3.05, 3.63) is 82.0 Å². The molecule has 136 valence electrons. The van der Waals surface area contributed by atoms with Crippen LogP contribution in [0.25, 0.3) is 11.1 Å². The largest absolute Gasteiger partial charge is 0.306 e. The fourth-order valence-electron chi connectivity index (χ4n) is 3.34. The van der Waals surface area contributed by atoms with Crippen molar-refractivity contribution in [2.24, 2.45) is 0 Å². The van der Waals surface area contributed by atoms with E-state index in [-0.39, 0.29) is 5.82 Å². The number of anilines is 1. The summed E-state index contributed by atoms with van der Waals surface area (Å²) in [6.07, 6.45) is 4.79. The van der Waals surface area contributed by atoms with Gasteiger partial charge in [-0.05, 0) is 66.8 Å². The number of nitrogens with one attached hydrogen (secondary N) is 1. The number of carbonyl (C=O) groups is 1. The Bertz CT molecular complexity index is 1010. The van der Waals surface area contributed by atoms with Crippen LogP contribution in [-0.4, -0.2) is 10.9 Å². The number of carbonyl (C=O) groups excluding carboxylic acids is 1. The Kier molecular flexibility index (Phi) is 4.62. The Hall–Kier alpha value is -2.79. The lowest BCUT2D eigenvalue weighted by Crippen LogP contribution is -2.16. The molecule has 1 amide bonds. The van der Waals surface area contributed by atoms with Gasteiger partial charge in [-0.1, -0.05) is 17.7 Å². The highest BCUT2D eigenvalue weighted by Gasteiger charge is 2.18. The lowest BCUT2D eigenvalue weighted by molar-refractivity contribution is 0.101. The van der Waals surface area contributed by atoms with Gasteiger partial charge < -0.3 is 5.32 Å². The van der Waals surface area contributed by atoms with E-state index in [2.05, 4.69) is 16.4 Å². The van der Waals surface area contributed by atoms with Crippen LogP contribution in [0.1, 0.15) is 27.9 Å². The number of hydrogen-bond acceptors (Lipinski definition) is 2. The van der Waals surface area contributed by atoms with Crippen LogP contribution in [0.15, 0.2) is 48.7 Å². The van der Waals surface area contributed by atoms with Gasteiger partial charge in [-0.3, -0.25) is 4.79 Å². The van der Waals surface area contributed by atoms with Crippen LogP contribution in [0.2, 0.25) is 5.02 Å². The lowest BCUT2D eigenvalue weighted by Gasteiger charge is -2.10. The molecule has 0 spiro atoms. The molecule has 4 rings (SSSR count). The number of fused-ring (bicyclic) bond motifs is 1. The van der Waals surface area contributed by atoms with Gasteiger partial charge in [-0.2, -0.15) is 0 Å². The molecule has 0 unspecified atom stereocenters. The summed E-state index contributed by atoms with van der Waals surface area (Å²) in [6.45, 7) is 0. The molecule has 6 heteroatoms. The molecular formula is C21H15ClF2N2O. The Labute approximate surface area is 160 Å². The maximum atomic E-state index is 13.7. The molecule has 0 radical (unpaired) electrons. The average molecular weight is 385 g/mol. The van der Waals surface area contributed by atoms with Gasteiger partial charge in [0.15, 0.2) is 0 Å². The van der Waals surface area contributed by atoms with E-state index in [9.17, 15) is 13.6 Å². The van der Waals surface area contributed by atoms with Gasteiger partial charge in [0.25, 0.3) is 5.91 Å². The van der Waals surface area contributed by atoms with Crippen molar-refractivity contribution in [3.8, 4) is 11.1 Å². The van der Waals surface area contributed by atoms with Crippen LogP contribution in [0, 0.1) is 11.6 Å². The van der Waals surface area contributed by atoms with E-state index >= 15 is 0 Å². The van der Waals surface area contributed by atoms with Crippen LogP contribution in [0.4, 0.5) is 14.6 Å². The van der Waals surface area contributed by atoms with E-state index in [1.807, 2.05) is 6.07 Å². The predicted molar refractivity (Wildman–Crippen MR) is 101 cm³/mol. The van der Waals surface area contributed by atoms with Gasteiger partial charge in [-0.25, -0.2) is 13.8 Å². The highest BCUT2D eigenvalue weighted by atomic mass is 35.5. The first-order valence-electron chi connectivity index (χ1n) is 8.56. The second kappa shape index (κ2) is 7.08. The molecule has 1 aliphatic carbocycles. The quantitative estimate of drug-likeness (QED) is 0.655.